The average Bonchev–Trinajstić information content (AvgIpc) is 2.30. The lowest BCUT2D eigenvalue weighted by molar-refractivity contribution is 0.343. The summed E-state index contributed by atoms with van der Waals surface area (Å²) in [5.41, 5.74) is 0. The van der Waals surface area contributed by atoms with Crippen molar-refractivity contribution in [2.24, 2.45) is 0 Å². The van der Waals surface area contributed by atoms with Crippen molar-refractivity contribution in [3.63, 3.8) is 0 Å². The number of benzene rings is 2. The van der Waals surface area contributed by atoms with Crippen molar-refractivity contribution in [1.29, 1.82) is 0 Å². The molecule has 0 spiro atoms. The fourth-order valence-electron chi connectivity index (χ4n) is 1.70. The minimum absolute atomic E-state index is 0.677. The molecule has 0 radical (unpaired) electrons. The van der Waals surface area contributed by atoms with Crippen LogP contribution in [0.3, 0.4) is 0 Å². The Morgan fingerprint density at radius 2 is 1.53 bits per heavy atom. The van der Waals surface area contributed by atoms with Crippen LogP contribution in [-0.4, -0.2) is 13.7 Å². The van der Waals surface area contributed by atoms with E-state index in [-0.39, 0.29) is 0 Å². The van der Waals surface area contributed by atoms with Gasteiger partial charge in [0.05, 0.1) is 13.7 Å². The third-order valence-corrected chi connectivity index (χ3v) is 2.36. The summed E-state index contributed by atoms with van der Waals surface area (Å²) < 4.78 is 10.9. The Hall–Kier alpha value is -1.70. The zero-order valence-electron chi connectivity index (χ0n) is 8.99. The van der Waals surface area contributed by atoms with Crippen LogP contribution < -0.4 is 9.47 Å². The molecule has 2 aromatic rings. The van der Waals surface area contributed by atoms with Gasteiger partial charge in [-0.1, -0.05) is 24.3 Å². The number of methoxy groups -OCH3 is 1. The molecule has 0 bridgehead atoms. The molecule has 0 aliphatic carbocycles. The molecule has 78 valence electrons. The van der Waals surface area contributed by atoms with Crippen molar-refractivity contribution >= 4 is 10.8 Å². The molecule has 0 aliphatic heterocycles. The van der Waals surface area contributed by atoms with Gasteiger partial charge in [0.25, 0.3) is 0 Å². The van der Waals surface area contributed by atoms with Crippen molar-refractivity contribution < 1.29 is 9.47 Å². The van der Waals surface area contributed by atoms with Crippen LogP contribution in [0.1, 0.15) is 6.92 Å². The van der Waals surface area contributed by atoms with Crippen molar-refractivity contribution in [2.75, 3.05) is 13.7 Å². The second kappa shape index (κ2) is 4.22. The van der Waals surface area contributed by atoms with Gasteiger partial charge in [-0.2, -0.15) is 0 Å². The number of fused-ring (bicyclic) bond motifs is 1. The van der Waals surface area contributed by atoms with Gasteiger partial charge < -0.3 is 9.47 Å². The normalized spacial score (nSPS) is 10.3. The Bertz CT molecular complexity index is 463. The lowest BCUT2D eigenvalue weighted by Crippen LogP contribution is -1.93. The first-order valence-corrected chi connectivity index (χ1v) is 5.05. The van der Waals surface area contributed by atoms with Crippen LogP contribution in [0.2, 0.25) is 0 Å². The van der Waals surface area contributed by atoms with Crippen LogP contribution in [0, 0.1) is 0 Å². The van der Waals surface area contributed by atoms with Gasteiger partial charge in [-0.05, 0) is 19.1 Å². The highest BCUT2D eigenvalue weighted by molar-refractivity contribution is 5.93. The quantitative estimate of drug-likeness (QED) is 0.760. The van der Waals surface area contributed by atoms with Crippen molar-refractivity contribution in [2.45, 2.75) is 6.92 Å². The summed E-state index contributed by atoms with van der Waals surface area (Å²) in [5, 5.41) is 2.18. The predicted octanol–water partition coefficient (Wildman–Crippen LogP) is 3.25. The van der Waals surface area contributed by atoms with Gasteiger partial charge in [-0.25, -0.2) is 0 Å². The number of rotatable bonds is 3. The van der Waals surface area contributed by atoms with E-state index in [1.165, 1.54) is 0 Å². The molecule has 0 fully saturated rings. The van der Waals surface area contributed by atoms with Gasteiger partial charge in [0.15, 0.2) is 0 Å². The van der Waals surface area contributed by atoms with Gasteiger partial charge >= 0.3 is 0 Å². The number of hydrogen-bond acceptors (Lipinski definition) is 2. The first-order valence-electron chi connectivity index (χ1n) is 5.05. The van der Waals surface area contributed by atoms with Crippen LogP contribution in [0.4, 0.5) is 0 Å². The zero-order valence-corrected chi connectivity index (χ0v) is 8.99. The van der Waals surface area contributed by atoms with Crippen LogP contribution in [0.25, 0.3) is 10.8 Å². The summed E-state index contributed by atoms with van der Waals surface area (Å²) in [6, 6.07) is 12.0. The summed E-state index contributed by atoms with van der Waals surface area (Å²) >= 11 is 0. The largest absolute Gasteiger partial charge is 0.496 e. The van der Waals surface area contributed by atoms with Gasteiger partial charge in [-0.15, -0.1) is 0 Å². The second-order valence-electron chi connectivity index (χ2n) is 3.24. The lowest BCUT2D eigenvalue weighted by atomic mass is 10.1. The molecule has 2 nitrogen and oxygen atoms in total. The molecule has 0 heterocycles. The maximum Gasteiger partial charge on any atom is 0.127 e. The summed E-state index contributed by atoms with van der Waals surface area (Å²) in [6.45, 7) is 2.66. The topological polar surface area (TPSA) is 18.5 Å². The molecule has 2 rings (SSSR count). The number of ether oxygens (including phenoxy) is 2. The van der Waals surface area contributed by atoms with Gasteiger partial charge in [0.2, 0.25) is 0 Å². The zero-order chi connectivity index (χ0) is 10.7. The molecule has 0 saturated heterocycles. The molecule has 0 unspecified atom stereocenters. The van der Waals surface area contributed by atoms with Gasteiger partial charge in [0, 0.05) is 10.8 Å². The van der Waals surface area contributed by atoms with E-state index in [1.807, 2.05) is 43.3 Å². The molecule has 2 heteroatoms. The highest BCUT2D eigenvalue weighted by Gasteiger charge is 2.05. The molecule has 15 heavy (non-hydrogen) atoms. The van der Waals surface area contributed by atoms with E-state index in [4.69, 9.17) is 9.47 Å². The fourth-order valence-corrected chi connectivity index (χ4v) is 1.70. The Morgan fingerprint density at radius 1 is 0.933 bits per heavy atom. The summed E-state index contributed by atoms with van der Waals surface area (Å²) in [5.74, 6) is 1.79. The van der Waals surface area contributed by atoms with Crippen LogP contribution >= 0.6 is 0 Å². The van der Waals surface area contributed by atoms with E-state index in [1.54, 1.807) is 7.11 Å². The van der Waals surface area contributed by atoms with E-state index in [0.717, 1.165) is 22.3 Å². The van der Waals surface area contributed by atoms with Gasteiger partial charge in [-0.3, -0.25) is 0 Å². The summed E-state index contributed by atoms with van der Waals surface area (Å²) in [4.78, 5) is 0. The molecule has 0 N–H and O–H groups in total. The second-order valence-corrected chi connectivity index (χ2v) is 3.24. The summed E-state index contributed by atoms with van der Waals surface area (Å²) in [6.07, 6.45) is 0. The minimum atomic E-state index is 0.677. The maximum absolute atomic E-state index is 5.56. The summed E-state index contributed by atoms with van der Waals surface area (Å²) in [7, 11) is 1.68. The molecule has 0 amide bonds. The SMILES string of the molecule is CCOc1ccc(OC)c2ccccc12. The molecule has 0 atom stereocenters. The monoisotopic (exact) mass is 202 g/mol. The van der Waals surface area contributed by atoms with Crippen molar-refractivity contribution in [3.8, 4) is 11.5 Å². The maximum atomic E-state index is 5.56. The molecule has 0 aliphatic rings. The van der Waals surface area contributed by atoms with Crippen molar-refractivity contribution in [3.05, 3.63) is 36.4 Å². The Balaban J connectivity index is 2.66. The lowest BCUT2D eigenvalue weighted by Gasteiger charge is -2.10. The van der Waals surface area contributed by atoms with E-state index in [0.29, 0.717) is 6.61 Å². The molecule has 2 aromatic carbocycles. The molecule has 0 saturated carbocycles. The van der Waals surface area contributed by atoms with E-state index >= 15 is 0 Å². The third kappa shape index (κ3) is 1.75. The highest BCUT2D eigenvalue weighted by Crippen LogP contribution is 2.32. The average molecular weight is 202 g/mol. The minimum Gasteiger partial charge on any atom is -0.496 e. The first kappa shape index (κ1) is 9.84. The number of hydrogen-bond donors (Lipinski definition) is 0. The first-order chi connectivity index (χ1) is 7.36. The molecule has 0 aromatic heterocycles. The standard InChI is InChI=1S/C13H14O2/c1-3-15-13-9-8-12(14-2)10-6-4-5-7-11(10)13/h4-9H,3H2,1-2H3. The Kier molecular flexibility index (Phi) is 2.77. The Morgan fingerprint density at radius 3 is 2.13 bits per heavy atom. The Labute approximate surface area is 89.4 Å². The predicted molar refractivity (Wildman–Crippen MR) is 61.7 cm³/mol. The molecular formula is C13H14O2. The van der Waals surface area contributed by atoms with Crippen LogP contribution in [0.15, 0.2) is 36.4 Å². The van der Waals surface area contributed by atoms with Crippen LogP contribution in [0.5, 0.6) is 11.5 Å². The van der Waals surface area contributed by atoms with E-state index < -0.39 is 0 Å². The van der Waals surface area contributed by atoms with Gasteiger partial charge in [0.1, 0.15) is 11.5 Å². The highest BCUT2D eigenvalue weighted by atomic mass is 16.5. The van der Waals surface area contributed by atoms with E-state index in [9.17, 15) is 0 Å². The smallest absolute Gasteiger partial charge is 0.127 e. The van der Waals surface area contributed by atoms with Crippen LogP contribution in [-0.2, 0) is 0 Å². The van der Waals surface area contributed by atoms with E-state index in [2.05, 4.69) is 0 Å². The molecular weight excluding hydrogens is 188 g/mol. The fraction of sp³-hybridized carbons (Fsp3) is 0.231. The van der Waals surface area contributed by atoms with Crippen molar-refractivity contribution in [1.82, 2.24) is 0 Å². The third-order valence-electron chi connectivity index (χ3n) is 2.36.